The zero-order chi connectivity index (χ0) is 24.5. The number of nitro groups is 1. The van der Waals surface area contributed by atoms with E-state index >= 15 is 0 Å². The molecule has 0 bridgehead atoms. The molecule has 0 fully saturated rings. The number of hydrogen-bond donors (Lipinski definition) is 0. The van der Waals surface area contributed by atoms with Crippen LogP contribution in [0.3, 0.4) is 0 Å². The van der Waals surface area contributed by atoms with Crippen LogP contribution in [0.2, 0.25) is 0 Å². The molecule has 0 aliphatic heterocycles. The molecule has 0 aliphatic carbocycles. The molecule has 0 saturated heterocycles. The summed E-state index contributed by atoms with van der Waals surface area (Å²) in [5.74, 6) is 0.864. The normalized spacial score (nSPS) is 11.1. The zero-order valence-corrected chi connectivity index (χ0v) is 19.3. The van der Waals surface area contributed by atoms with Crippen molar-refractivity contribution < 1.29 is 9.45 Å². The molecule has 176 valence electrons. The van der Waals surface area contributed by atoms with Crippen molar-refractivity contribution >= 4 is 17.4 Å². The smallest absolute Gasteiger partial charge is 0.297 e. The van der Waals surface area contributed by atoms with E-state index in [0.717, 1.165) is 5.69 Å². The molecular formula is C21H17N9O4S. The highest BCUT2D eigenvalue weighted by Gasteiger charge is 2.22. The van der Waals surface area contributed by atoms with Crippen molar-refractivity contribution in [2.24, 2.45) is 7.05 Å². The van der Waals surface area contributed by atoms with E-state index in [4.69, 9.17) is 4.52 Å². The number of benzene rings is 2. The number of nitro benzene ring substituents is 1. The van der Waals surface area contributed by atoms with Crippen LogP contribution in [-0.4, -0.2) is 44.6 Å². The first-order valence-corrected chi connectivity index (χ1v) is 11.3. The molecule has 0 saturated carbocycles. The second-order valence-electron chi connectivity index (χ2n) is 7.39. The standard InChI is InChI=1S/C21H17N9O4S/c1-13-18(20(31)29(27(13)2)15-6-4-3-5-7-15)28-21(23-25-26-28)35-12-17-22-19(24-34-17)14-8-10-16(11-9-14)30(32)33/h3-11H,12H2,1-2H3. The van der Waals surface area contributed by atoms with Crippen LogP contribution in [0.25, 0.3) is 22.8 Å². The van der Waals surface area contributed by atoms with Gasteiger partial charge in [-0.2, -0.15) is 9.67 Å². The highest BCUT2D eigenvalue weighted by molar-refractivity contribution is 7.98. The Balaban J connectivity index is 1.38. The summed E-state index contributed by atoms with van der Waals surface area (Å²) >= 11 is 1.23. The first-order chi connectivity index (χ1) is 16.9. The summed E-state index contributed by atoms with van der Waals surface area (Å²) in [5, 5.41) is 27.0. The van der Waals surface area contributed by atoms with Crippen molar-refractivity contribution in [3.63, 3.8) is 0 Å². The summed E-state index contributed by atoms with van der Waals surface area (Å²) < 4.78 is 10.0. The Hall–Kier alpha value is -4.59. The zero-order valence-electron chi connectivity index (χ0n) is 18.5. The summed E-state index contributed by atoms with van der Waals surface area (Å²) in [5.41, 5.74) is 2.04. The van der Waals surface area contributed by atoms with Gasteiger partial charge in [0.05, 0.1) is 22.1 Å². The lowest BCUT2D eigenvalue weighted by molar-refractivity contribution is -0.384. The van der Waals surface area contributed by atoms with Gasteiger partial charge in [-0.25, -0.2) is 4.68 Å². The highest BCUT2D eigenvalue weighted by Crippen LogP contribution is 2.25. The van der Waals surface area contributed by atoms with Crippen molar-refractivity contribution in [1.82, 2.24) is 39.7 Å². The highest BCUT2D eigenvalue weighted by atomic mass is 32.2. The predicted octanol–water partition coefficient (Wildman–Crippen LogP) is 2.71. The number of para-hydroxylation sites is 1. The van der Waals surface area contributed by atoms with Gasteiger partial charge in [-0.3, -0.25) is 19.6 Å². The lowest BCUT2D eigenvalue weighted by Gasteiger charge is -2.07. The number of hydrogen-bond acceptors (Lipinski definition) is 10. The Kier molecular flexibility index (Phi) is 5.70. The number of nitrogens with zero attached hydrogens (tertiary/aromatic N) is 9. The molecule has 35 heavy (non-hydrogen) atoms. The van der Waals surface area contributed by atoms with Gasteiger partial charge in [0, 0.05) is 24.7 Å². The van der Waals surface area contributed by atoms with E-state index < -0.39 is 4.92 Å². The maximum atomic E-state index is 13.3. The Morgan fingerprint density at radius 1 is 1.11 bits per heavy atom. The first kappa shape index (κ1) is 22.2. The molecule has 14 heteroatoms. The molecule has 2 aromatic carbocycles. The Bertz CT molecular complexity index is 1570. The number of non-ortho nitro benzene ring substituents is 1. The minimum Gasteiger partial charge on any atom is -0.338 e. The van der Waals surface area contributed by atoms with Crippen molar-refractivity contribution in [2.75, 3.05) is 0 Å². The Morgan fingerprint density at radius 2 is 1.86 bits per heavy atom. The minimum absolute atomic E-state index is 0.0256. The van der Waals surface area contributed by atoms with E-state index in [1.165, 1.54) is 28.6 Å². The van der Waals surface area contributed by atoms with E-state index in [2.05, 4.69) is 25.7 Å². The fraction of sp³-hybridized carbons (Fsp3) is 0.143. The van der Waals surface area contributed by atoms with E-state index in [-0.39, 0.29) is 17.0 Å². The molecule has 0 spiro atoms. The van der Waals surface area contributed by atoms with E-state index in [0.29, 0.717) is 33.8 Å². The summed E-state index contributed by atoms with van der Waals surface area (Å²) in [4.78, 5) is 28.0. The lowest BCUT2D eigenvalue weighted by Crippen LogP contribution is -2.22. The van der Waals surface area contributed by atoms with Gasteiger partial charge in [0.25, 0.3) is 11.2 Å². The second-order valence-corrected chi connectivity index (χ2v) is 8.33. The topological polar surface area (TPSA) is 153 Å². The summed E-state index contributed by atoms with van der Waals surface area (Å²) in [7, 11) is 1.79. The Labute approximate surface area is 201 Å². The van der Waals surface area contributed by atoms with Crippen LogP contribution in [0.1, 0.15) is 11.6 Å². The minimum atomic E-state index is -0.477. The molecule has 5 rings (SSSR count). The maximum Gasteiger partial charge on any atom is 0.297 e. The molecule has 5 aromatic rings. The predicted molar refractivity (Wildman–Crippen MR) is 124 cm³/mol. The summed E-state index contributed by atoms with van der Waals surface area (Å²) in [6.07, 6.45) is 0. The van der Waals surface area contributed by atoms with Gasteiger partial charge in [0.15, 0.2) is 5.69 Å². The van der Waals surface area contributed by atoms with Crippen molar-refractivity contribution in [1.29, 1.82) is 0 Å². The van der Waals surface area contributed by atoms with Gasteiger partial charge in [0.2, 0.25) is 16.9 Å². The average molecular weight is 491 g/mol. The lowest BCUT2D eigenvalue weighted by atomic mass is 10.2. The second kappa shape index (κ2) is 8.98. The van der Waals surface area contributed by atoms with Gasteiger partial charge < -0.3 is 4.52 Å². The first-order valence-electron chi connectivity index (χ1n) is 10.3. The van der Waals surface area contributed by atoms with Crippen LogP contribution < -0.4 is 5.56 Å². The number of rotatable bonds is 7. The third-order valence-electron chi connectivity index (χ3n) is 5.31. The average Bonchev–Trinajstić information content (AvgIpc) is 3.57. The molecule has 0 aliphatic rings. The quantitative estimate of drug-likeness (QED) is 0.189. The molecule has 13 nitrogen and oxygen atoms in total. The number of tetrazole rings is 1. The molecule has 0 radical (unpaired) electrons. The fourth-order valence-electron chi connectivity index (χ4n) is 3.50. The molecule has 0 amide bonds. The van der Waals surface area contributed by atoms with Crippen LogP contribution in [0, 0.1) is 17.0 Å². The molecule has 0 N–H and O–H groups in total. The summed E-state index contributed by atoms with van der Waals surface area (Å²) in [6, 6.07) is 15.1. The molecule has 3 aromatic heterocycles. The van der Waals surface area contributed by atoms with Gasteiger partial charge >= 0.3 is 0 Å². The largest absolute Gasteiger partial charge is 0.338 e. The number of thioether (sulfide) groups is 1. The van der Waals surface area contributed by atoms with Crippen LogP contribution in [0.5, 0.6) is 0 Å². The van der Waals surface area contributed by atoms with Gasteiger partial charge in [-0.05, 0) is 41.6 Å². The van der Waals surface area contributed by atoms with Crippen molar-refractivity contribution in [3.8, 4) is 22.8 Å². The molecule has 0 unspecified atom stereocenters. The summed E-state index contributed by atoms with van der Waals surface area (Å²) in [6.45, 7) is 1.82. The maximum absolute atomic E-state index is 13.3. The monoisotopic (exact) mass is 491 g/mol. The molecule has 0 atom stereocenters. The third kappa shape index (κ3) is 4.10. The van der Waals surface area contributed by atoms with Gasteiger partial charge in [-0.1, -0.05) is 35.1 Å². The van der Waals surface area contributed by atoms with Gasteiger partial charge in [-0.15, -0.1) is 5.10 Å². The van der Waals surface area contributed by atoms with Crippen LogP contribution in [0.4, 0.5) is 5.69 Å². The molecule has 3 heterocycles. The third-order valence-corrected chi connectivity index (χ3v) is 6.21. The fourth-order valence-corrected chi connectivity index (χ4v) is 4.21. The van der Waals surface area contributed by atoms with Gasteiger partial charge in [0.1, 0.15) is 0 Å². The van der Waals surface area contributed by atoms with Crippen LogP contribution in [-0.2, 0) is 12.8 Å². The van der Waals surface area contributed by atoms with E-state index in [1.807, 2.05) is 37.3 Å². The van der Waals surface area contributed by atoms with Crippen LogP contribution >= 0.6 is 11.8 Å². The molecular weight excluding hydrogens is 474 g/mol. The number of aromatic nitrogens is 8. The SMILES string of the molecule is Cc1c(-n2nnnc2SCc2nc(-c3ccc([N+](=O)[O-])cc3)no2)c(=O)n(-c2ccccc2)n1C. The van der Waals surface area contributed by atoms with Crippen molar-refractivity contribution in [3.05, 3.63) is 86.7 Å². The van der Waals surface area contributed by atoms with Crippen LogP contribution in [0.15, 0.2) is 69.1 Å². The van der Waals surface area contributed by atoms with E-state index in [9.17, 15) is 14.9 Å². The Morgan fingerprint density at radius 3 is 2.57 bits per heavy atom. The van der Waals surface area contributed by atoms with Crippen molar-refractivity contribution in [2.45, 2.75) is 17.8 Å². The van der Waals surface area contributed by atoms with E-state index in [1.54, 1.807) is 28.5 Å².